The lowest BCUT2D eigenvalue weighted by molar-refractivity contribution is -0.139. The standard InChI is InChI=1S/C11H18F3NO/c1-2-10(6-7-15-8-10)9(16)4-3-5-11(12,13)14/h15H,2-8H2,1H3. The number of ketones is 1. The molecule has 1 aliphatic heterocycles. The van der Waals surface area contributed by atoms with E-state index in [1.165, 1.54) is 0 Å². The van der Waals surface area contributed by atoms with Gasteiger partial charge < -0.3 is 5.32 Å². The van der Waals surface area contributed by atoms with Gasteiger partial charge in [-0.15, -0.1) is 0 Å². The fourth-order valence-corrected chi connectivity index (χ4v) is 2.20. The molecule has 0 aromatic carbocycles. The zero-order valence-corrected chi connectivity index (χ0v) is 9.49. The summed E-state index contributed by atoms with van der Waals surface area (Å²) in [5.74, 6) is -0.00995. The van der Waals surface area contributed by atoms with E-state index in [9.17, 15) is 18.0 Å². The van der Waals surface area contributed by atoms with Gasteiger partial charge >= 0.3 is 6.18 Å². The van der Waals surface area contributed by atoms with Crippen molar-refractivity contribution in [3.05, 3.63) is 0 Å². The number of carbonyl (C=O) groups excluding carboxylic acids is 1. The molecule has 94 valence electrons. The predicted octanol–water partition coefficient (Wildman–Crippen LogP) is 2.68. The maximum atomic E-state index is 11.9. The van der Waals surface area contributed by atoms with Crippen LogP contribution in [0.3, 0.4) is 0 Å². The van der Waals surface area contributed by atoms with Gasteiger partial charge in [0.2, 0.25) is 0 Å². The second kappa shape index (κ2) is 5.17. The lowest BCUT2D eigenvalue weighted by atomic mass is 9.78. The molecular formula is C11H18F3NO. The molecule has 1 rings (SSSR count). The second-order valence-corrected chi connectivity index (χ2v) is 4.45. The van der Waals surface area contributed by atoms with E-state index >= 15 is 0 Å². The Morgan fingerprint density at radius 1 is 1.44 bits per heavy atom. The van der Waals surface area contributed by atoms with Gasteiger partial charge in [-0.1, -0.05) is 6.92 Å². The molecule has 0 amide bonds. The summed E-state index contributed by atoms with van der Waals surface area (Å²) in [6, 6.07) is 0. The van der Waals surface area contributed by atoms with Gasteiger partial charge in [-0.05, 0) is 25.8 Å². The second-order valence-electron chi connectivity index (χ2n) is 4.45. The van der Waals surface area contributed by atoms with Gasteiger partial charge in [-0.3, -0.25) is 4.79 Å². The molecule has 0 saturated carbocycles. The van der Waals surface area contributed by atoms with Crippen LogP contribution in [0.15, 0.2) is 0 Å². The van der Waals surface area contributed by atoms with Crippen LogP contribution in [0.4, 0.5) is 13.2 Å². The first kappa shape index (κ1) is 13.5. The van der Waals surface area contributed by atoms with Gasteiger partial charge in [0.15, 0.2) is 0 Å². The Balaban J connectivity index is 2.39. The SMILES string of the molecule is CCC1(C(=O)CCCC(F)(F)F)CCNC1. The fourth-order valence-electron chi connectivity index (χ4n) is 2.20. The van der Waals surface area contributed by atoms with Crippen molar-refractivity contribution in [2.24, 2.45) is 5.41 Å². The minimum Gasteiger partial charge on any atom is -0.316 e. The van der Waals surface area contributed by atoms with Crippen LogP contribution >= 0.6 is 0 Å². The minimum atomic E-state index is -4.15. The van der Waals surface area contributed by atoms with E-state index < -0.39 is 18.0 Å². The van der Waals surface area contributed by atoms with Crippen molar-refractivity contribution >= 4 is 5.78 Å². The van der Waals surface area contributed by atoms with E-state index in [2.05, 4.69) is 5.32 Å². The van der Waals surface area contributed by atoms with Crippen LogP contribution in [-0.2, 0) is 4.79 Å². The normalized spacial score (nSPS) is 26.0. The van der Waals surface area contributed by atoms with E-state index in [1.54, 1.807) is 0 Å². The molecule has 1 atom stereocenters. The molecule has 1 aliphatic rings. The Morgan fingerprint density at radius 3 is 2.56 bits per heavy atom. The Morgan fingerprint density at radius 2 is 2.12 bits per heavy atom. The molecule has 0 spiro atoms. The van der Waals surface area contributed by atoms with Gasteiger partial charge in [0, 0.05) is 24.8 Å². The average molecular weight is 237 g/mol. The Hall–Kier alpha value is -0.580. The molecule has 2 nitrogen and oxygen atoms in total. The maximum absolute atomic E-state index is 11.9. The quantitative estimate of drug-likeness (QED) is 0.796. The summed E-state index contributed by atoms with van der Waals surface area (Å²) in [5, 5.41) is 3.11. The zero-order valence-electron chi connectivity index (χ0n) is 9.49. The molecule has 16 heavy (non-hydrogen) atoms. The number of Topliss-reactive ketones (excluding diaryl/α,β-unsaturated/α-hetero) is 1. The van der Waals surface area contributed by atoms with Crippen molar-refractivity contribution in [1.82, 2.24) is 5.32 Å². The van der Waals surface area contributed by atoms with Crippen LogP contribution in [-0.4, -0.2) is 25.0 Å². The zero-order chi connectivity index (χ0) is 12.2. The van der Waals surface area contributed by atoms with Gasteiger partial charge in [-0.2, -0.15) is 13.2 Å². The van der Waals surface area contributed by atoms with Crippen LogP contribution < -0.4 is 5.32 Å². The van der Waals surface area contributed by atoms with E-state index in [-0.39, 0.29) is 18.6 Å². The van der Waals surface area contributed by atoms with E-state index in [0.717, 1.165) is 13.0 Å². The first-order valence-corrected chi connectivity index (χ1v) is 5.70. The van der Waals surface area contributed by atoms with Crippen LogP contribution in [0.1, 0.15) is 39.0 Å². The van der Waals surface area contributed by atoms with Gasteiger partial charge in [0.25, 0.3) is 0 Å². The summed E-state index contributed by atoms with van der Waals surface area (Å²) in [7, 11) is 0. The lowest BCUT2D eigenvalue weighted by Gasteiger charge is -2.24. The number of hydrogen-bond donors (Lipinski definition) is 1. The number of alkyl halides is 3. The van der Waals surface area contributed by atoms with E-state index in [4.69, 9.17) is 0 Å². The maximum Gasteiger partial charge on any atom is 0.389 e. The third-order valence-electron chi connectivity index (χ3n) is 3.38. The minimum absolute atomic E-state index is 0.00995. The van der Waals surface area contributed by atoms with Gasteiger partial charge in [0.1, 0.15) is 5.78 Å². The highest BCUT2D eigenvalue weighted by atomic mass is 19.4. The third-order valence-corrected chi connectivity index (χ3v) is 3.38. The van der Waals surface area contributed by atoms with Crippen molar-refractivity contribution in [1.29, 1.82) is 0 Å². The number of carbonyl (C=O) groups is 1. The predicted molar refractivity (Wildman–Crippen MR) is 55.1 cm³/mol. The van der Waals surface area contributed by atoms with Gasteiger partial charge in [0.05, 0.1) is 0 Å². The lowest BCUT2D eigenvalue weighted by Crippen LogP contribution is -2.32. The largest absolute Gasteiger partial charge is 0.389 e. The Bertz CT molecular complexity index is 244. The fraction of sp³-hybridized carbons (Fsp3) is 0.909. The van der Waals surface area contributed by atoms with Crippen LogP contribution in [0.25, 0.3) is 0 Å². The smallest absolute Gasteiger partial charge is 0.316 e. The van der Waals surface area contributed by atoms with Crippen molar-refractivity contribution in [3.8, 4) is 0 Å². The number of nitrogens with one attached hydrogen (secondary N) is 1. The highest BCUT2D eigenvalue weighted by Crippen LogP contribution is 2.33. The average Bonchev–Trinajstić information content (AvgIpc) is 2.65. The highest BCUT2D eigenvalue weighted by Gasteiger charge is 2.39. The molecule has 1 saturated heterocycles. The monoisotopic (exact) mass is 237 g/mol. The Kier molecular flexibility index (Phi) is 4.35. The molecule has 0 radical (unpaired) electrons. The molecular weight excluding hydrogens is 219 g/mol. The summed E-state index contributed by atoms with van der Waals surface area (Å²) >= 11 is 0. The summed E-state index contributed by atoms with van der Waals surface area (Å²) in [6.45, 7) is 3.34. The number of halogens is 3. The summed E-state index contributed by atoms with van der Waals surface area (Å²) in [5.41, 5.74) is -0.397. The van der Waals surface area contributed by atoms with E-state index in [0.29, 0.717) is 13.0 Å². The summed E-state index contributed by atoms with van der Waals surface area (Å²) in [6.07, 6.45) is -3.56. The molecule has 1 fully saturated rings. The van der Waals surface area contributed by atoms with E-state index in [1.807, 2.05) is 6.92 Å². The Labute approximate surface area is 93.6 Å². The van der Waals surface area contributed by atoms with Crippen LogP contribution in [0.2, 0.25) is 0 Å². The molecule has 0 aromatic rings. The molecule has 1 N–H and O–H groups in total. The molecule has 1 unspecified atom stereocenters. The molecule has 0 aliphatic carbocycles. The summed E-state index contributed by atoms with van der Waals surface area (Å²) < 4.78 is 35.8. The molecule has 0 bridgehead atoms. The first-order chi connectivity index (χ1) is 7.40. The molecule has 1 heterocycles. The molecule has 0 aromatic heterocycles. The molecule has 5 heteroatoms. The highest BCUT2D eigenvalue weighted by molar-refractivity contribution is 5.85. The third kappa shape index (κ3) is 3.47. The van der Waals surface area contributed by atoms with Crippen molar-refractivity contribution < 1.29 is 18.0 Å². The van der Waals surface area contributed by atoms with Crippen molar-refractivity contribution in [2.45, 2.75) is 45.2 Å². The summed E-state index contributed by atoms with van der Waals surface area (Å²) in [4.78, 5) is 11.9. The first-order valence-electron chi connectivity index (χ1n) is 5.70. The van der Waals surface area contributed by atoms with Gasteiger partial charge in [-0.25, -0.2) is 0 Å². The van der Waals surface area contributed by atoms with Crippen molar-refractivity contribution in [3.63, 3.8) is 0 Å². The van der Waals surface area contributed by atoms with Crippen molar-refractivity contribution in [2.75, 3.05) is 13.1 Å². The van der Waals surface area contributed by atoms with Crippen LogP contribution in [0, 0.1) is 5.41 Å². The van der Waals surface area contributed by atoms with Crippen LogP contribution in [0.5, 0.6) is 0 Å². The topological polar surface area (TPSA) is 29.1 Å². The number of hydrogen-bond acceptors (Lipinski definition) is 2. The number of rotatable bonds is 5.